The van der Waals surface area contributed by atoms with Crippen molar-refractivity contribution < 1.29 is 9.47 Å². The van der Waals surface area contributed by atoms with Crippen LogP contribution in [-0.4, -0.2) is 30.6 Å². The number of guanidine groups is 1. The number of pyridine rings is 1. The van der Waals surface area contributed by atoms with Crippen LogP contribution >= 0.6 is 24.0 Å². The van der Waals surface area contributed by atoms with Gasteiger partial charge in [0, 0.05) is 24.8 Å². The molecule has 7 heteroatoms. The second kappa shape index (κ2) is 10.1. The van der Waals surface area contributed by atoms with Crippen LogP contribution in [0.1, 0.15) is 18.9 Å². The van der Waals surface area contributed by atoms with Gasteiger partial charge in [-0.3, -0.25) is 4.99 Å². The average Bonchev–Trinajstić information content (AvgIpc) is 3.14. The zero-order valence-corrected chi connectivity index (χ0v) is 16.5. The molecule has 2 heterocycles. The molecule has 0 bridgehead atoms. The van der Waals surface area contributed by atoms with E-state index in [0.29, 0.717) is 19.0 Å². The van der Waals surface area contributed by atoms with Crippen LogP contribution < -0.4 is 20.1 Å². The molecule has 0 spiro atoms. The number of ether oxygens (including phenoxy) is 2. The molecule has 1 aromatic heterocycles. The fourth-order valence-corrected chi connectivity index (χ4v) is 2.28. The quantitative estimate of drug-likeness (QED) is 0.629. The van der Waals surface area contributed by atoms with Crippen molar-refractivity contribution in [3.8, 4) is 17.4 Å². The van der Waals surface area contributed by atoms with Gasteiger partial charge in [-0.05, 0) is 36.8 Å². The normalized spacial score (nSPS) is 12.6. The van der Waals surface area contributed by atoms with E-state index >= 15 is 0 Å². The van der Waals surface area contributed by atoms with Gasteiger partial charge in [0.15, 0.2) is 5.96 Å². The van der Waals surface area contributed by atoms with E-state index in [1.807, 2.05) is 36.4 Å². The van der Waals surface area contributed by atoms with Gasteiger partial charge in [0.05, 0.1) is 13.2 Å². The predicted molar refractivity (Wildman–Crippen MR) is 109 cm³/mol. The highest BCUT2D eigenvalue weighted by molar-refractivity contribution is 14.0. The molecule has 0 aliphatic carbocycles. The van der Waals surface area contributed by atoms with E-state index in [1.54, 1.807) is 6.20 Å². The summed E-state index contributed by atoms with van der Waals surface area (Å²) >= 11 is 0. The Labute approximate surface area is 165 Å². The Morgan fingerprint density at radius 3 is 2.68 bits per heavy atom. The monoisotopic (exact) mass is 454 g/mol. The molecule has 2 N–H and O–H groups in total. The molecular weight excluding hydrogens is 431 g/mol. The third-order valence-electron chi connectivity index (χ3n) is 3.48. The van der Waals surface area contributed by atoms with Gasteiger partial charge in [0.1, 0.15) is 11.5 Å². The van der Waals surface area contributed by atoms with Crippen molar-refractivity contribution in [3.63, 3.8) is 0 Å². The zero-order valence-electron chi connectivity index (χ0n) is 14.2. The van der Waals surface area contributed by atoms with Gasteiger partial charge in [-0.1, -0.05) is 13.0 Å². The van der Waals surface area contributed by atoms with Gasteiger partial charge in [0.25, 0.3) is 0 Å². The molecule has 1 aliphatic heterocycles. The van der Waals surface area contributed by atoms with E-state index in [4.69, 9.17) is 9.47 Å². The number of benzene rings is 1. The molecule has 0 amide bonds. The highest BCUT2D eigenvalue weighted by atomic mass is 127. The molecule has 2 aromatic rings. The maximum Gasteiger partial charge on any atom is 0.224 e. The lowest BCUT2D eigenvalue weighted by molar-refractivity contribution is 0.317. The third kappa shape index (κ3) is 5.77. The first kappa shape index (κ1) is 19.3. The summed E-state index contributed by atoms with van der Waals surface area (Å²) in [6, 6.07) is 11.5. The summed E-state index contributed by atoms with van der Waals surface area (Å²) in [6.45, 7) is 5.10. The van der Waals surface area contributed by atoms with Crippen molar-refractivity contribution in [2.24, 2.45) is 4.99 Å². The number of nitrogens with zero attached hydrogens (tertiary/aromatic N) is 2. The Hall–Kier alpha value is -2.03. The Bertz CT molecular complexity index is 692. The standard InChI is InChI=1S/C18H22N4O2.HI/c1-2-12-23-15-5-7-16(8-6-15)24-17-14(4-3-9-19-17)13-22-18-20-10-11-21-18;/h3-9H,2,10-13H2,1H3,(H2,20,21,22);1H. The lowest BCUT2D eigenvalue weighted by Gasteiger charge is -2.12. The fourth-order valence-electron chi connectivity index (χ4n) is 2.28. The topological polar surface area (TPSA) is 67.8 Å². The lowest BCUT2D eigenvalue weighted by atomic mass is 10.2. The van der Waals surface area contributed by atoms with Crippen molar-refractivity contribution in [1.82, 2.24) is 15.6 Å². The molecule has 0 fully saturated rings. The van der Waals surface area contributed by atoms with Crippen LogP contribution in [0.25, 0.3) is 0 Å². The van der Waals surface area contributed by atoms with Crippen molar-refractivity contribution >= 4 is 29.9 Å². The number of hydrogen-bond donors (Lipinski definition) is 2. The first-order valence-corrected chi connectivity index (χ1v) is 8.22. The minimum Gasteiger partial charge on any atom is -0.494 e. The van der Waals surface area contributed by atoms with Gasteiger partial charge < -0.3 is 20.1 Å². The van der Waals surface area contributed by atoms with E-state index < -0.39 is 0 Å². The number of rotatable bonds is 7. The van der Waals surface area contributed by atoms with E-state index in [-0.39, 0.29) is 24.0 Å². The summed E-state index contributed by atoms with van der Waals surface area (Å²) in [5, 5.41) is 6.44. The largest absolute Gasteiger partial charge is 0.494 e. The SMILES string of the molecule is CCCOc1ccc(Oc2ncccc2CNC2=NCCN2)cc1.I. The van der Waals surface area contributed by atoms with Gasteiger partial charge >= 0.3 is 0 Å². The highest BCUT2D eigenvalue weighted by Crippen LogP contribution is 2.25. The Balaban J connectivity index is 0.00000225. The van der Waals surface area contributed by atoms with Crippen LogP contribution in [0.15, 0.2) is 47.6 Å². The van der Waals surface area contributed by atoms with Crippen LogP contribution in [0.5, 0.6) is 17.4 Å². The third-order valence-corrected chi connectivity index (χ3v) is 3.48. The minimum absolute atomic E-state index is 0. The fraction of sp³-hybridized carbons (Fsp3) is 0.333. The number of halogens is 1. The van der Waals surface area contributed by atoms with Crippen LogP contribution in [0.4, 0.5) is 0 Å². The number of hydrogen-bond acceptors (Lipinski definition) is 6. The average molecular weight is 454 g/mol. The van der Waals surface area contributed by atoms with Crippen LogP contribution in [0, 0.1) is 0 Å². The van der Waals surface area contributed by atoms with Crippen LogP contribution in [0.3, 0.4) is 0 Å². The Kier molecular flexibility index (Phi) is 7.77. The van der Waals surface area contributed by atoms with Crippen LogP contribution in [-0.2, 0) is 6.54 Å². The smallest absolute Gasteiger partial charge is 0.224 e. The first-order chi connectivity index (χ1) is 11.8. The lowest BCUT2D eigenvalue weighted by Crippen LogP contribution is -2.33. The molecule has 3 rings (SSSR count). The molecule has 0 saturated heterocycles. The summed E-state index contributed by atoms with van der Waals surface area (Å²) in [6.07, 6.45) is 2.71. The van der Waals surface area contributed by atoms with Crippen molar-refractivity contribution in [2.75, 3.05) is 19.7 Å². The number of aliphatic imine (C=N–C) groups is 1. The molecule has 0 atom stereocenters. The predicted octanol–water partition coefficient (Wildman–Crippen LogP) is 3.33. The van der Waals surface area contributed by atoms with E-state index in [2.05, 4.69) is 27.5 Å². The number of aromatic nitrogens is 1. The molecule has 25 heavy (non-hydrogen) atoms. The maximum absolute atomic E-state index is 5.92. The summed E-state index contributed by atoms with van der Waals surface area (Å²) in [5.41, 5.74) is 0.972. The summed E-state index contributed by atoms with van der Waals surface area (Å²) in [5.74, 6) is 2.99. The summed E-state index contributed by atoms with van der Waals surface area (Å²) in [7, 11) is 0. The van der Waals surface area contributed by atoms with Gasteiger partial charge in [0.2, 0.25) is 5.88 Å². The number of nitrogens with one attached hydrogen (secondary N) is 2. The molecule has 0 saturated carbocycles. The van der Waals surface area contributed by atoms with E-state index in [0.717, 1.165) is 42.5 Å². The second-order valence-corrected chi connectivity index (χ2v) is 5.40. The minimum atomic E-state index is 0. The molecular formula is C18H23IN4O2. The highest BCUT2D eigenvalue weighted by Gasteiger charge is 2.09. The van der Waals surface area contributed by atoms with Gasteiger partial charge in [-0.15, -0.1) is 24.0 Å². The molecule has 6 nitrogen and oxygen atoms in total. The zero-order chi connectivity index (χ0) is 16.6. The first-order valence-electron chi connectivity index (χ1n) is 8.22. The summed E-state index contributed by atoms with van der Waals surface area (Å²) in [4.78, 5) is 8.66. The van der Waals surface area contributed by atoms with Crippen molar-refractivity contribution in [1.29, 1.82) is 0 Å². The maximum atomic E-state index is 5.92. The molecule has 0 unspecified atom stereocenters. The van der Waals surface area contributed by atoms with Crippen molar-refractivity contribution in [3.05, 3.63) is 48.2 Å². The van der Waals surface area contributed by atoms with Gasteiger partial charge in [-0.25, -0.2) is 4.98 Å². The second-order valence-electron chi connectivity index (χ2n) is 5.40. The van der Waals surface area contributed by atoms with E-state index in [9.17, 15) is 0 Å². The van der Waals surface area contributed by atoms with Gasteiger partial charge in [-0.2, -0.15) is 0 Å². The van der Waals surface area contributed by atoms with Crippen LogP contribution in [0.2, 0.25) is 0 Å². The van der Waals surface area contributed by atoms with Crippen molar-refractivity contribution in [2.45, 2.75) is 19.9 Å². The molecule has 1 aromatic carbocycles. The Morgan fingerprint density at radius 1 is 1.16 bits per heavy atom. The van der Waals surface area contributed by atoms with E-state index in [1.165, 1.54) is 0 Å². The molecule has 1 aliphatic rings. The Morgan fingerprint density at radius 2 is 1.96 bits per heavy atom. The molecule has 134 valence electrons. The molecule has 0 radical (unpaired) electrons. The summed E-state index contributed by atoms with van der Waals surface area (Å²) < 4.78 is 11.5.